The molecule has 0 spiro atoms. The molecule has 1 saturated carbocycles. The molecule has 3 unspecified atom stereocenters. The van der Waals surface area contributed by atoms with Gasteiger partial charge in [-0.25, -0.2) is 9.18 Å². The van der Waals surface area contributed by atoms with E-state index in [4.69, 9.17) is 16.3 Å². The molecule has 24 heavy (non-hydrogen) atoms. The van der Waals surface area contributed by atoms with Crippen LogP contribution in [0.2, 0.25) is 5.02 Å². The molecule has 2 aliphatic rings. The summed E-state index contributed by atoms with van der Waals surface area (Å²) in [4.78, 5) is 12.9. The fourth-order valence-corrected chi connectivity index (χ4v) is 3.81. The third kappa shape index (κ3) is 3.58. The Morgan fingerprint density at radius 1 is 1.21 bits per heavy atom. The lowest BCUT2D eigenvalue weighted by Crippen LogP contribution is -2.46. The Bertz CT molecular complexity index is 576. The fraction of sp³-hybridized carbons (Fsp3) is 0.611. The highest BCUT2D eigenvalue weighted by molar-refractivity contribution is 6.30. The molecule has 4 nitrogen and oxygen atoms in total. The van der Waals surface area contributed by atoms with Gasteiger partial charge in [-0.05, 0) is 62.9 Å². The van der Waals surface area contributed by atoms with Crippen molar-refractivity contribution in [1.29, 1.82) is 0 Å². The standard InChI is InChI=1S/C18H23ClFNO3/c19-14-4-1-12(2-5-14)18(23,13-3-6-15(20)11-13)17(22)24-16-7-9-21-10-8-16/h1-2,4-5,13,15-16,21,23H,3,6-11H2. The largest absolute Gasteiger partial charge is 0.460 e. The van der Waals surface area contributed by atoms with Gasteiger partial charge in [0.05, 0.1) is 0 Å². The van der Waals surface area contributed by atoms with Crippen LogP contribution in [0.1, 0.15) is 37.7 Å². The topological polar surface area (TPSA) is 58.6 Å². The number of rotatable bonds is 4. The van der Waals surface area contributed by atoms with Crippen LogP contribution in [0.5, 0.6) is 0 Å². The van der Waals surface area contributed by atoms with Gasteiger partial charge in [-0.3, -0.25) is 0 Å². The summed E-state index contributed by atoms with van der Waals surface area (Å²) in [5.41, 5.74) is -1.40. The highest BCUT2D eigenvalue weighted by Gasteiger charge is 2.50. The Morgan fingerprint density at radius 3 is 2.46 bits per heavy atom. The van der Waals surface area contributed by atoms with Crippen molar-refractivity contribution in [2.24, 2.45) is 5.92 Å². The number of aliphatic hydroxyl groups is 1. The molecule has 0 bridgehead atoms. The van der Waals surface area contributed by atoms with Crippen LogP contribution in [0.25, 0.3) is 0 Å². The van der Waals surface area contributed by atoms with Crippen molar-refractivity contribution >= 4 is 17.6 Å². The molecule has 132 valence electrons. The zero-order chi connectivity index (χ0) is 17.2. The highest BCUT2D eigenvalue weighted by Crippen LogP contribution is 2.43. The van der Waals surface area contributed by atoms with Gasteiger partial charge in [0.2, 0.25) is 0 Å². The van der Waals surface area contributed by atoms with Crippen molar-refractivity contribution in [3.8, 4) is 0 Å². The number of nitrogens with one attached hydrogen (secondary N) is 1. The lowest BCUT2D eigenvalue weighted by molar-refractivity contribution is -0.180. The van der Waals surface area contributed by atoms with E-state index in [9.17, 15) is 14.3 Å². The number of alkyl halides is 1. The normalized spacial score (nSPS) is 27.6. The molecule has 2 N–H and O–H groups in total. The summed E-state index contributed by atoms with van der Waals surface area (Å²) in [5, 5.41) is 15.0. The Hall–Kier alpha value is -1.17. The monoisotopic (exact) mass is 355 g/mol. The summed E-state index contributed by atoms with van der Waals surface area (Å²) >= 11 is 5.92. The summed E-state index contributed by atoms with van der Waals surface area (Å²) in [5.74, 6) is -1.15. The zero-order valence-corrected chi connectivity index (χ0v) is 14.3. The lowest BCUT2D eigenvalue weighted by atomic mass is 9.80. The molecule has 6 heteroatoms. The number of carbonyl (C=O) groups excluding carboxylic acids is 1. The number of hydrogen-bond acceptors (Lipinski definition) is 4. The summed E-state index contributed by atoms with van der Waals surface area (Å²) < 4.78 is 19.3. The van der Waals surface area contributed by atoms with E-state index in [0.29, 0.717) is 23.4 Å². The third-order valence-electron chi connectivity index (χ3n) is 5.11. The van der Waals surface area contributed by atoms with Gasteiger partial charge in [0.25, 0.3) is 0 Å². The first kappa shape index (κ1) is 17.6. The van der Waals surface area contributed by atoms with Gasteiger partial charge >= 0.3 is 5.97 Å². The van der Waals surface area contributed by atoms with Gasteiger partial charge in [0, 0.05) is 10.9 Å². The molecule has 1 aliphatic carbocycles. The Kier molecular flexibility index (Phi) is 5.42. The van der Waals surface area contributed by atoms with Gasteiger partial charge < -0.3 is 15.2 Å². The third-order valence-corrected chi connectivity index (χ3v) is 5.37. The van der Waals surface area contributed by atoms with Crippen molar-refractivity contribution in [3.63, 3.8) is 0 Å². The molecular formula is C18H23ClFNO3. The first-order valence-electron chi connectivity index (χ1n) is 8.54. The minimum absolute atomic E-state index is 0.167. The van der Waals surface area contributed by atoms with Gasteiger partial charge in [-0.15, -0.1) is 0 Å². The van der Waals surface area contributed by atoms with E-state index in [1.54, 1.807) is 24.3 Å². The molecule has 3 atom stereocenters. The summed E-state index contributed by atoms with van der Waals surface area (Å²) in [6.45, 7) is 1.57. The molecule has 0 amide bonds. The Balaban J connectivity index is 1.85. The van der Waals surface area contributed by atoms with Crippen LogP contribution in [0.3, 0.4) is 0 Å². The maximum Gasteiger partial charge on any atom is 0.343 e. The number of esters is 1. The SMILES string of the molecule is O=C(OC1CCNCC1)C(O)(c1ccc(Cl)cc1)C1CCC(F)C1. The maximum absolute atomic E-state index is 13.7. The zero-order valence-electron chi connectivity index (χ0n) is 13.5. The van der Waals surface area contributed by atoms with E-state index in [1.165, 1.54) is 0 Å². The van der Waals surface area contributed by atoms with Crippen molar-refractivity contribution in [2.45, 2.75) is 50.0 Å². The average Bonchev–Trinajstić information content (AvgIpc) is 3.02. The molecule has 1 heterocycles. The summed E-state index contributed by atoms with van der Waals surface area (Å²) in [7, 11) is 0. The quantitative estimate of drug-likeness (QED) is 0.815. The number of carbonyl (C=O) groups is 1. The summed E-state index contributed by atoms with van der Waals surface area (Å²) in [6.07, 6.45) is 1.24. The molecule has 3 rings (SSSR count). The van der Waals surface area contributed by atoms with Crippen molar-refractivity contribution in [1.82, 2.24) is 5.32 Å². The number of halogens is 2. The number of piperidine rings is 1. The first-order chi connectivity index (χ1) is 11.5. The van der Waals surface area contributed by atoms with Crippen LogP contribution in [-0.2, 0) is 15.1 Å². The molecule has 2 fully saturated rings. The smallest absolute Gasteiger partial charge is 0.343 e. The van der Waals surface area contributed by atoms with Crippen molar-refractivity contribution < 1.29 is 19.0 Å². The minimum atomic E-state index is -1.82. The molecule has 1 aromatic carbocycles. The molecule has 1 aromatic rings. The van der Waals surface area contributed by atoms with E-state index in [1.807, 2.05) is 0 Å². The second-order valence-corrected chi connectivity index (χ2v) is 7.17. The molecule has 1 aliphatic heterocycles. The van der Waals surface area contributed by atoms with E-state index >= 15 is 0 Å². The molecule has 1 saturated heterocycles. The highest BCUT2D eigenvalue weighted by atomic mass is 35.5. The molecular weight excluding hydrogens is 333 g/mol. The van der Waals surface area contributed by atoms with Crippen LogP contribution in [0.15, 0.2) is 24.3 Å². The first-order valence-corrected chi connectivity index (χ1v) is 8.92. The number of benzene rings is 1. The number of hydrogen-bond donors (Lipinski definition) is 2. The van der Waals surface area contributed by atoms with E-state index in [0.717, 1.165) is 25.9 Å². The van der Waals surface area contributed by atoms with Crippen LogP contribution in [0.4, 0.5) is 4.39 Å². The van der Waals surface area contributed by atoms with Crippen LogP contribution < -0.4 is 5.32 Å². The van der Waals surface area contributed by atoms with Gasteiger partial charge in [0.15, 0.2) is 5.60 Å². The van der Waals surface area contributed by atoms with Gasteiger partial charge in [0.1, 0.15) is 12.3 Å². The van der Waals surface area contributed by atoms with Gasteiger partial charge in [-0.1, -0.05) is 23.7 Å². The summed E-state index contributed by atoms with van der Waals surface area (Å²) in [6, 6.07) is 6.50. The Labute approximate surface area is 146 Å². The van der Waals surface area contributed by atoms with E-state index in [2.05, 4.69) is 5.32 Å². The van der Waals surface area contributed by atoms with Gasteiger partial charge in [-0.2, -0.15) is 0 Å². The lowest BCUT2D eigenvalue weighted by Gasteiger charge is -2.34. The van der Waals surface area contributed by atoms with E-state index < -0.39 is 23.7 Å². The minimum Gasteiger partial charge on any atom is -0.460 e. The fourth-order valence-electron chi connectivity index (χ4n) is 3.68. The van der Waals surface area contributed by atoms with Crippen LogP contribution in [0, 0.1) is 5.92 Å². The average molecular weight is 356 g/mol. The molecule has 0 aromatic heterocycles. The molecule has 0 radical (unpaired) electrons. The second kappa shape index (κ2) is 7.38. The predicted octanol–water partition coefficient (Wildman–Crippen LogP) is 2.96. The van der Waals surface area contributed by atoms with Crippen molar-refractivity contribution in [2.75, 3.05) is 13.1 Å². The van der Waals surface area contributed by atoms with Crippen LogP contribution >= 0.6 is 11.6 Å². The van der Waals surface area contributed by atoms with Crippen LogP contribution in [-0.4, -0.2) is 36.4 Å². The Morgan fingerprint density at radius 2 is 1.88 bits per heavy atom. The van der Waals surface area contributed by atoms with Crippen molar-refractivity contribution in [3.05, 3.63) is 34.9 Å². The predicted molar refractivity (Wildman–Crippen MR) is 89.6 cm³/mol. The second-order valence-electron chi connectivity index (χ2n) is 6.74. The maximum atomic E-state index is 13.7. The number of ether oxygens (including phenoxy) is 1. The van der Waals surface area contributed by atoms with E-state index in [-0.39, 0.29) is 12.5 Å².